The number of pyridine rings is 1. The Labute approximate surface area is 117 Å². The molecule has 1 fully saturated rings. The number of likely N-dealkylation sites (N-methyl/N-ethyl adjacent to an activating group) is 1. The van der Waals surface area contributed by atoms with E-state index >= 15 is 0 Å². The van der Waals surface area contributed by atoms with Crippen LogP contribution in [0.4, 0.5) is 0 Å². The molecule has 3 heteroatoms. The third-order valence-corrected chi connectivity index (χ3v) is 4.30. The molecule has 0 bridgehead atoms. The summed E-state index contributed by atoms with van der Waals surface area (Å²) in [6, 6.07) is 5.33. The van der Waals surface area contributed by atoms with Gasteiger partial charge in [0, 0.05) is 37.6 Å². The van der Waals surface area contributed by atoms with Crippen molar-refractivity contribution in [3.8, 4) is 0 Å². The molecule has 1 heterocycles. The van der Waals surface area contributed by atoms with Gasteiger partial charge in [0.15, 0.2) is 0 Å². The van der Waals surface area contributed by atoms with Crippen LogP contribution in [-0.4, -0.2) is 36.1 Å². The number of hydrogen-bond donors (Lipinski definition) is 1. The molecule has 1 saturated carbocycles. The molecule has 1 aromatic heterocycles. The van der Waals surface area contributed by atoms with Gasteiger partial charge in [0.05, 0.1) is 0 Å². The van der Waals surface area contributed by atoms with Crippen molar-refractivity contribution in [2.45, 2.75) is 51.1 Å². The molecular formula is C16H27N3. The lowest BCUT2D eigenvalue weighted by molar-refractivity contribution is 0.191. The van der Waals surface area contributed by atoms with Crippen molar-refractivity contribution in [3.63, 3.8) is 0 Å². The van der Waals surface area contributed by atoms with E-state index in [1.165, 1.54) is 37.7 Å². The minimum absolute atomic E-state index is 0.383. The lowest BCUT2D eigenvalue weighted by Gasteiger charge is -2.31. The van der Waals surface area contributed by atoms with Crippen molar-refractivity contribution in [2.24, 2.45) is 0 Å². The van der Waals surface area contributed by atoms with E-state index in [0.29, 0.717) is 6.04 Å². The van der Waals surface area contributed by atoms with Gasteiger partial charge in [0.1, 0.15) is 0 Å². The molecule has 0 radical (unpaired) electrons. The number of aromatic nitrogens is 1. The van der Waals surface area contributed by atoms with Crippen molar-refractivity contribution in [3.05, 3.63) is 30.1 Å². The summed E-state index contributed by atoms with van der Waals surface area (Å²) in [6.45, 7) is 4.38. The third kappa shape index (κ3) is 4.59. The van der Waals surface area contributed by atoms with Crippen LogP contribution >= 0.6 is 0 Å². The maximum absolute atomic E-state index is 4.17. The maximum Gasteiger partial charge on any atom is 0.0315 e. The molecule has 0 aromatic carbocycles. The Balaban J connectivity index is 1.68. The highest BCUT2D eigenvalue weighted by molar-refractivity contribution is 5.12. The average Bonchev–Trinajstić information content (AvgIpc) is 2.49. The monoisotopic (exact) mass is 261 g/mol. The molecule has 0 aliphatic heterocycles. The van der Waals surface area contributed by atoms with E-state index in [4.69, 9.17) is 0 Å². The van der Waals surface area contributed by atoms with E-state index < -0.39 is 0 Å². The summed E-state index contributed by atoms with van der Waals surface area (Å²) < 4.78 is 0. The standard InChI is InChI=1S/C16H27N3/c1-14(15-7-6-10-17-13-15)18-11-12-19(2)16-8-4-3-5-9-16/h6-7,10,13-14,16,18H,3-5,8-9,11-12H2,1-2H3/t14-/m0/s1. The van der Waals surface area contributed by atoms with Gasteiger partial charge < -0.3 is 10.2 Å². The van der Waals surface area contributed by atoms with Crippen molar-refractivity contribution in [1.82, 2.24) is 15.2 Å². The zero-order valence-corrected chi connectivity index (χ0v) is 12.3. The van der Waals surface area contributed by atoms with Gasteiger partial charge >= 0.3 is 0 Å². The first kappa shape index (κ1) is 14.5. The first-order valence-corrected chi connectivity index (χ1v) is 7.61. The zero-order chi connectivity index (χ0) is 13.5. The highest BCUT2D eigenvalue weighted by Gasteiger charge is 2.17. The minimum atomic E-state index is 0.383. The Hall–Kier alpha value is -0.930. The molecule has 0 amide bonds. The number of nitrogens with zero attached hydrogens (tertiary/aromatic N) is 2. The van der Waals surface area contributed by atoms with Gasteiger partial charge in [0.25, 0.3) is 0 Å². The van der Waals surface area contributed by atoms with E-state index in [1.54, 1.807) is 0 Å². The van der Waals surface area contributed by atoms with Gasteiger partial charge in [-0.05, 0) is 38.4 Å². The topological polar surface area (TPSA) is 28.2 Å². The van der Waals surface area contributed by atoms with Crippen LogP contribution in [0, 0.1) is 0 Å². The summed E-state index contributed by atoms with van der Waals surface area (Å²) >= 11 is 0. The Bertz CT molecular complexity index is 346. The van der Waals surface area contributed by atoms with E-state index in [9.17, 15) is 0 Å². The van der Waals surface area contributed by atoms with Gasteiger partial charge in [0.2, 0.25) is 0 Å². The van der Waals surface area contributed by atoms with Crippen LogP contribution in [0.3, 0.4) is 0 Å². The third-order valence-electron chi connectivity index (χ3n) is 4.30. The van der Waals surface area contributed by atoms with Gasteiger partial charge in [-0.3, -0.25) is 4.98 Å². The summed E-state index contributed by atoms with van der Waals surface area (Å²) in [5.74, 6) is 0. The van der Waals surface area contributed by atoms with Crippen molar-refractivity contribution in [2.75, 3.05) is 20.1 Å². The van der Waals surface area contributed by atoms with Crippen LogP contribution < -0.4 is 5.32 Å². The fourth-order valence-electron chi connectivity index (χ4n) is 2.91. The summed E-state index contributed by atoms with van der Waals surface area (Å²) in [7, 11) is 2.27. The number of hydrogen-bond acceptors (Lipinski definition) is 3. The van der Waals surface area contributed by atoms with Crippen LogP contribution in [0.25, 0.3) is 0 Å². The molecule has 106 valence electrons. The molecule has 1 aromatic rings. The second kappa shape index (κ2) is 7.61. The van der Waals surface area contributed by atoms with Gasteiger partial charge in [-0.1, -0.05) is 25.3 Å². The van der Waals surface area contributed by atoms with Gasteiger partial charge in [-0.2, -0.15) is 0 Å². The molecule has 3 nitrogen and oxygen atoms in total. The Morgan fingerprint density at radius 2 is 2.16 bits per heavy atom. The van der Waals surface area contributed by atoms with E-state index in [1.807, 2.05) is 18.5 Å². The fraction of sp³-hybridized carbons (Fsp3) is 0.688. The van der Waals surface area contributed by atoms with E-state index in [0.717, 1.165) is 19.1 Å². The first-order valence-electron chi connectivity index (χ1n) is 7.61. The summed E-state index contributed by atoms with van der Waals surface area (Å²) in [5.41, 5.74) is 1.27. The van der Waals surface area contributed by atoms with Crippen LogP contribution in [0.15, 0.2) is 24.5 Å². The molecule has 0 unspecified atom stereocenters. The summed E-state index contributed by atoms with van der Waals surface area (Å²) in [4.78, 5) is 6.70. The Kier molecular flexibility index (Phi) is 5.80. The predicted octanol–water partition coefficient (Wildman–Crippen LogP) is 3.00. The SMILES string of the molecule is C[C@H](NCCN(C)C1CCCCC1)c1cccnc1. The second-order valence-corrected chi connectivity index (χ2v) is 5.73. The largest absolute Gasteiger partial charge is 0.309 e. The normalized spacial score (nSPS) is 18.7. The predicted molar refractivity (Wildman–Crippen MR) is 80.2 cm³/mol. The van der Waals surface area contributed by atoms with E-state index in [-0.39, 0.29) is 0 Å². The number of nitrogens with one attached hydrogen (secondary N) is 1. The van der Waals surface area contributed by atoms with Crippen LogP contribution in [0.1, 0.15) is 50.6 Å². The van der Waals surface area contributed by atoms with Crippen LogP contribution in [0.5, 0.6) is 0 Å². The van der Waals surface area contributed by atoms with Crippen LogP contribution in [-0.2, 0) is 0 Å². The molecule has 19 heavy (non-hydrogen) atoms. The summed E-state index contributed by atoms with van der Waals surface area (Å²) in [5, 5.41) is 3.59. The molecule has 1 atom stereocenters. The Morgan fingerprint density at radius 3 is 2.84 bits per heavy atom. The molecule has 1 aliphatic carbocycles. The smallest absolute Gasteiger partial charge is 0.0315 e. The molecule has 0 saturated heterocycles. The summed E-state index contributed by atoms with van der Waals surface area (Å²) in [6.07, 6.45) is 10.8. The zero-order valence-electron chi connectivity index (χ0n) is 12.3. The van der Waals surface area contributed by atoms with E-state index in [2.05, 4.69) is 35.2 Å². The van der Waals surface area contributed by atoms with Crippen LogP contribution in [0.2, 0.25) is 0 Å². The minimum Gasteiger partial charge on any atom is -0.309 e. The second-order valence-electron chi connectivity index (χ2n) is 5.73. The lowest BCUT2D eigenvalue weighted by atomic mass is 9.94. The highest BCUT2D eigenvalue weighted by Crippen LogP contribution is 2.21. The average molecular weight is 261 g/mol. The molecule has 1 N–H and O–H groups in total. The van der Waals surface area contributed by atoms with Crippen molar-refractivity contribution >= 4 is 0 Å². The first-order chi connectivity index (χ1) is 9.27. The molecule has 1 aliphatic rings. The molecule has 0 spiro atoms. The highest BCUT2D eigenvalue weighted by atomic mass is 15.1. The molecular weight excluding hydrogens is 234 g/mol. The lowest BCUT2D eigenvalue weighted by Crippen LogP contribution is -2.38. The Morgan fingerprint density at radius 1 is 1.37 bits per heavy atom. The molecule has 2 rings (SSSR count). The van der Waals surface area contributed by atoms with Crippen molar-refractivity contribution in [1.29, 1.82) is 0 Å². The maximum atomic E-state index is 4.17. The van der Waals surface area contributed by atoms with Gasteiger partial charge in [-0.15, -0.1) is 0 Å². The van der Waals surface area contributed by atoms with Crippen molar-refractivity contribution < 1.29 is 0 Å². The van der Waals surface area contributed by atoms with Gasteiger partial charge in [-0.25, -0.2) is 0 Å². The fourth-order valence-corrected chi connectivity index (χ4v) is 2.91. The quantitative estimate of drug-likeness (QED) is 0.853. The number of rotatable bonds is 6.